The molecule has 0 aliphatic carbocycles. The number of benzene rings is 2. The van der Waals surface area contributed by atoms with E-state index >= 15 is 0 Å². The fourth-order valence-electron chi connectivity index (χ4n) is 2.50. The van der Waals surface area contributed by atoms with Gasteiger partial charge in [0.1, 0.15) is 12.4 Å². The fourth-order valence-corrected chi connectivity index (χ4v) is 2.73. The molecule has 138 valence electrons. The molecule has 0 saturated heterocycles. The third-order valence-corrected chi connectivity index (χ3v) is 4.70. The van der Waals surface area contributed by atoms with Gasteiger partial charge in [-0.1, -0.05) is 29.8 Å². The first-order valence-electron chi connectivity index (χ1n) is 8.61. The van der Waals surface area contributed by atoms with Crippen molar-refractivity contribution >= 4 is 29.1 Å². The SMILES string of the molecule is CCN(C)C(C)=Nc1cc(Cl)cc(COC(=O)c2ccccc2C)c1C. The van der Waals surface area contributed by atoms with E-state index in [1.54, 1.807) is 6.07 Å². The van der Waals surface area contributed by atoms with Gasteiger partial charge in [-0.2, -0.15) is 0 Å². The van der Waals surface area contributed by atoms with E-state index in [-0.39, 0.29) is 12.6 Å². The summed E-state index contributed by atoms with van der Waals surface area (Å²) in [6.07, 6.45) is 0. The van der Waals surface area contributed by atoms with E-state index in [1.165, 1.54) is 0 Å². The highest BCUT2D eigenvalue weighted by atomic mass is 35.5. The van der Waals surface area contributed by atoms with Crippen molar-refractivity contribution in [1.29, 1.82) is 0 Å². The molecule has 0 saturated carbocycles. The van der Waals surface area contributed by atoms with Gasteiger partial charge in [-0.3, -0.25) is 0 Å². The molecule has 0 N–H and O–H groups in total. The molecule has 0 fully saturated rings. The van der Waals surface area contributed by atoms with Gasteiger partial charge >= 0.3 is 5.97 Å². The zero-order valence-corrected chi connectivity index (χ0v) is 16.7. The van der Waals surface area contributed by atoms with Crippen molar-refractivity contribution in [3.8, 4) is 0 Å². The Morgan fingerprint density at radius 3 is 2.58 bits per heavy atom. The zero-order chi connectivity index (χ0) is 19.3. The number of ether oxygens (including phenoxy) is 1. The van der Waals surface area contributed by atoms with E-state index in [4.69, 9.17) is 16.3 Å². The molecule has 4 nitrogen and oxygen atoms in total. The Balaban J connectivity index is 2.23. The number of aliphatic imine (C=N–C) groups is 1. The first-order valence-corrected chi connectivity index (χ1v) is 8.99. The van der Waals surface area contributed by atoms with Crippen molar-refractivity contribution in [2.75, 3.05) is 13.6 Å². The summed E-state index contributed by atoms with van der Waals surface area (Å²) in [6.45, 7) is 8.91. The summed E-state index contributed by atoms with van der Waals surface area (Å²) in [7, 11) is 1.99. The van der Waals surface area contributed by atoms with Gasteiger partial charge in [0.05, 0.1) is 11.3 Å². The molecule has 0 unspecified atom stereocenters. The summed E-state index contributed by atoms with van der Waals surface area (Å²) >= 11 is 6.25. The van der Waals surface area contributed by atoms with Crippen molar-refractivity contribution in [1.82, 2.24) is 4.90 Å². The molecular weight excluding hydrogens is 348 g/mol. The number of hydrogen-bond donors (Lipinski definition) is 0. The summed E-state index contributed by atoms with van der Waals surface area (Å²) in [5.74, 6) is 0.565. The maximum Gasteiger partial charge on any atom is 0.338 e. The van der Waals surface area contributed by atoms with Crippen LogP contribution in [0, 0.1) is 13.8 Å². The largest absolute Gasteiger partial charge is 0.457 e. The summed E-state index contributed by atoms with van der Waals surface area (Å²) in [5, 5.41) is 0.572. The summed E-state index contributed by atoms with van der Waals surface area (Å²) < 4.78 is 5.50. The minimum atomic E-state index is -0.338. The molecule has 0 amide bonds. The molecule has 0 heterocycles. The molecule has 0 radical (unpaired) electrons. The monoisotopic (exact) mass is 372 g/mol. The Hall–Kier alpha value is -2.33. The zero-order valence-electron chi connectivity index (χ0n) is 16.0. The van der Waals surface area contributed by atoms with Crippen LogP contribution in [0.4, 0.5) is 5.69 Å². The Morgan fingerprint density at radius 1 is 1.23 bits per heavy atom. The summed E-state index contributed by atoms with van der Waals surface area (Å²) in [4.78, 5) is 19.1. The van der Waals surface area contributed by atoms with E-state index in [0.29, 0.717) is 10.6 Å². The van der Waals surface area contributed by atoms with E-state index in [0.717, 1.165) is 34.8 Å². The molecule has 2 aromatic rings. The number of hydrogen-bond acceptors (Lipinski definition) is 3. The molecular formula is C21H25ClN2O2. The Labute approximate surface area is 160 Å². The third kappa shape index (κ3) is 4.85. The van der Waals surface area contributed by atoms with Gasteiger partial charge in [0, 0.05) is 18.6 Å². The lowest BCUT2D eigenvalue weighted by molar-refractivity contribution is 0.0471. The predicted octanol–water partition coefficient (Wildman–Crippen LogP) is 5.32. The second-order valence-electron chi connectivity index (χ2n) is 6.27. The lowest BCUT2D eigenvalue weighted by Gasteiger charge is -2.17. The van der Waals surface area contributed by atoms with Gasteiger partial charge < -0.3 is 9.64 Å². The van der Waals surface area contributed by atoms with Crippen LogP contribution in [0.3, 0.4) is 0 Å². The van der Waals surface area contributed by atoms with Crippen molar-refractivity contribution in [3.63, 3.8) is 0 Å². The third-order valence-electron chi connectivity index (χ3n) is 4.49. The molecule has 0 aromatic heterocycles. The number of carbonyl (C=O) groups is 1. The highest BCUT2D eigenvalue weighted by molar-refractivity contribution is 6.31. The van der Waals surface area contributed by atoms with Gasteiger partial charge in [-0.25, -0.2) is 9.79 Å². The van der Waals surface area contributed by atoms with Crippen LogP contribution in [-0.2, 0) is 11.3 Å². The Bertz CT molecular complexity index is 831. The smallest absolute Gasteiger partial charge is 0.338 e. The molecule has 2 rings (SSSR count). The number of halogens is 1. The predicted molar refractivity (Wildman–Crippen MR) is 108 cm³/mol. The molecule has 26 heavy (non-hydrogen) atoms. The quantitative estimate of drug-likeness (QED) is 0.405. The van der Waals surface area contributed by atoms with Crippen LogP contribution in [0.25, 0.3) is 0 Å². The average Bonchev–Trinajstić information content (AvgIpc) is 2.62. The van der Waals surface area contributed by atoms with Crippen LogP contribution >= 0.6 is 11.6 Å². The second kappa shape index (κ2) is 8.86. The fraction of sp³-hybridized carbons (Fsp3) is 0.333. The van der Waals surface area contributed by atoms with Crippen molar-refractivity contribution in [2.45, 2.75) is 34.3 Å². The second-order valence-corrected chi connectivity index (χ2v) is 6.71. The average molecular weight is 373 g/mol. The molecule has 0 atom stereocenters. The summed E-state index contributed by atoms with van der Waals surface area (Å²) in [5.41, 5.74) is 4.06. The van der Waals surface area contributed by atoms with Crippen molar-refractivity contribution in [3.05, 3.63) is 63.7 Å². The van der Waals surface area contributed by atoms with Gasteiger partial charge in [-0.05, 0) is 62.6 Å². The number of aryl methyl sites for hydroxylation is 1. The van der Waals surface area contributed by atoms with Gasteiger partial charge in [0.15, 0.2) is 0 Å². The molecule has 0 spiro atoms. The first kappa shape index (κ1) is 20.0. The van der Waals surface area contributed by atoms with Crippen LogP contribution in [0.1, 0.15) is 40.9 Å². The molecule has 0 bridgehead atoms. The summed E-state index contributed by atoms with van der Waals surface area (Å²) in [6, 6.07) is 11.0. The number of rotatable bonds is 5. The van der Waals surface area contributed by atoms with Gasteiger partial charge in [0.2, 0.25) is 0 Å². The van der Waals surface area contributed by atoms with Gasteiger partial charge in [-0.15, -0.1) is 0 Å². The van der Waals surface area contributed by atoms with Crippen LogP contribution in [0.2, 0.25) is 5.02 Å². The van der Waals surface area contributed by atoms with Crippen LogP contribution in [0.5, 0.6) is 0 Å². The highest BCUT2D eigenvalue weighted by Crippen LogP contribution is 2.28. The van der Waals surface area contributed by atoms with E-state index in [9.17, 15) is 4.79 Å². The Morgan fingerprint density at radius 2 is 1.92 bits per heavy atom. The standard InChI is InChI=1S/C21H25ClN2O2/c1-6-24(5)16(4)23-20-12-18(22)11-17(15(20)3)13-26-21(25)19-10-8-7-9-14(19)2/h7-12H,6,13H2,1-5H3. The number of nitrogens with zero attached hydrogens (tertiary/aromatic N) is 2. The van der Waals surface area contributed by atoms with E-state index in [1.807, 2.05) is 58.2 Å². The molecule has 2 aromatic carbocycles. The Kier molecular flexibility index (Phi) is 6.81. The maximum atomic E-state index is 12.3. The lowest BCUT2D eigenvalue weighted by atomic mass is 10.1. The van der Waals surface area contributed by atoms with Gasteiger partial charge in [0.25, 0.3) is 0 Å². The highest BCUT2D eigenvalue weighted by Gasteiger charge is 2.13. The van der Waals surface area contributed by atoms with Crippen LogP contribution < -0.4 is 0 Å². The van der Waals surface area contributed by atoms with Crippen molar-refractivity contribution < 1.29 is 9.53 Å². The van der Waals surface area contributed by atoms with Crippen molar-refractivity contribution in [2.24, 2.45) is 4.99 Å². The van der Waals surface area contributed by atoms with E-state index < -0.39 is 0 Å². The molecule has 5 heteroatoms. The number of esters is 1. The lowest BCUT2D eigenvalue weighted by Crippen LogP contribution is -2.23. The molecule has 0 aliphatic heterocycles. The van der Waals surface area contributed by atoms with Crippen LogP contribution in [-0.4, -0.2) is 30.3 Å². The van der Waals surface area contributed by atoms with Crippen LogP contribution in [0.15, 0.2) is 41.4 Å². The number of carbonyl (C=O) groups excluding carboxylic acids is 1. The maximum absolute atomic E-state index is 12.3. The molecule has 0 aliphatic rings. The first-order chi connectivity index (χ1) is 12.3. The minimum absolute atomic E-state index is 0.157. The normalized spacial score (nSPS) is 11.4. The van der Waals surface area contributed by atoms with E-state index in [2.05, 4.69) is 16.8 Å². The topological polar surface area (TPSA) is 41.9 Å². The number of amidine groups is 1. The minimum Gasteiger partial charge on any atom is -0.457 e.